The third-order valence-corrected chi connectivity index (χ3v) is 6.44. The van der Waals surface area contributed by atoms with Crippen molar-refractivity contribution in [3.8, 4) is 11.8 Å². The van der Waals surface area contributed by atoms with Crippen LogP contribution < -0.4 is 4.74 Å². The van der Waals surface area contributed by atoms with Gasteiger partial charge in [0.15, 0.2) is 0 Å². The van der Waals surface area contributed by atoms with Crippen LogP contribution in [0.15, 0.2) is 36.4 Å². The Balaban J connectivity index is 1.60. The Kier molecular flexibility index (Phi) is 7.31. The average Bonchev–Trinajstić information content (AvgIpc) is 3.15. The fourth-order valence-corrected chi connectivity index (χ4v) is 4.62. The number of morpholine rings is 1. The summed E-state index contributed by atoms with van der Waals surface area (Å²) in [7, 11) is 1.62. The molecule has 1 atom stereocenters. The minimum absolute atomic E-state index is 0.379. The zero-order valence-corrected chi connectivity index (χ0v) is 19.4. The maximum atomic E-state index is 9.07. The molecule has 1 aliphatic rings. The number of rotatable bonds is 8. The summed E-state index contributed by atoms with van der Waals surface area (Å²) in [6, 6.07) is 14.7. The zero-order valence-electron chi connectivity index (χ0n) is 18.7. The minimum Gasteiger partial charge on any atom is -0.495 e. The molecule has 4 rings (SSSR count). The molecule has 1 aliphatic heterocycles. The molecule has 0 unspecified atom stereocenters. The van der Waals surface area contributed by atoms with Crippen LogP contribution in [0.2, 0.25) is 5.02 Å². The van der Waals surface area contributed by atoms with Crippen LogP contribution in [0.5, 0.6) is 5.75 Å². The van der Waals surface area contributed by atoms with Gasteiger partial charge in [0.2, 0.25) is 0 Å². The van der Waals surface area contributed by atoms with E-state index in [0.717, 1.165) is 73.7 Å². The summed E-state index contributed by atoms with van der Waals surface area (Å²) < 4.78 is 13.1. The molecule has 0 aliphatic carbocycles. The molecule has 0 saturated carbocycles. The second kappa shape index (κ2) is 10.4. The van der Waals surface area contributed by atoms with Crippen LogP contribution in [0.1, 0.15) is 23.9 Å². The largest absolute Gasteiger partial charge is 0.495 e. The van der Waals surface area contributed by atoms with Crippen LogP contribution in [0.3, 0.4) is 0 Å². The lowest BCUT2D eigenvalue weighted by Crippen LogP contribution is -2.44. The van der Waals surface area contributed by atoms with Crippen LogP contribution in [0.25, 0.3) is 11.0 Å². The van der Waals surface area contributed by atoms with E-state index >= 15 is 0 Å². The van der Waals surface area contributed by atoms with E-state index in [1.54, 1.807) is 7.11 Å². The molecule has 6 nitrogen and oxygen atoms in total. The molecule has 0 spiro atoms. The predicted molar refractivity (Wildman–Crippen MR) is 126 cm³/mol. The van der Waals surface area contributed by atoms with Crippen LogP contribution in [0, 0.1) is 11.3 Å². The van der Waals surface area contributed by atoms with Gasteiger partial charge in [-0.1, -0.05) is 23.7 Å². The van der Waals surface area contributed by atoms with Crippen LogP contribution in [0.4, 0.5) is 0 Å². The molecule has 0 radical (unpaired) electrons. The van der Waals surface area contributed by atoms with E-state index in [-0.39, 0.29) is 0 Å². The molecule has 168 valence electrons. The number of imidazole rings is 1. The van der Waals surface area contributed by atoms with E-state index < -0.39 is 0 Å². The van der Waals surface area contributed by atoms with Crippen molar-refractivity contribution in [1.29, 1.82) is 5.26 Å². The number of hydrogen-bond acceptors (Lipinski definition) is 5. The highest BCUT2D eigenvalue weighted by Crippen LogP contribution is 2.26. The molecule has 7 heteroatoms. The minimum atomic E-state index is 0.379. The lowest BCUT2D eigenvalue weighted by atomic mass is 10.1. The van der Waals surface area contributed by atoms with Crippen molar-refractivity contribution in [1.82, 2.24) is 14.5 Å². The summed E-state index contributed by atoms with van der Waals surface area (Å²) in [4.78, 5) is 7.46. The number of ether oxygens (including phenoxy) is 2. The van der Waals surface area contributed by atoms with Crippen LogP contribution >= 0.6 is 11.6 Å². The number of methoxy groups -OCH3 is 1. The Morgan fingerprint density at radius 2 is 1.94 bits per heavy atom. The standard InChI is InChI=1S/C25H29ClN4O2/c1-18(29-11-13-32-14-12-29)17-30-23-6-3-20(9-10-27)16-22(23)28-25(30)8-5-19-4-7-24(31-2)21(26)15-19/h3-4,6-7,15-16,18H,5,8-9,11-14,17H2,1-2H3/t18-/m0/s1. The van der Waals surface area contributed by atoms with Crippen molar-refractivity contribution in [2.24, 2.45) is 0 Å². The second-order valence-electron chi connectivity index (χ2n) is 8.26. The molecule has 1 fully saturated rings. The third-order valence-electron chi connectivity index (χ3n) is 6.14. The van der Waals surface area contributed by atoms with Crippen LogP contribution in [-0.2, 0) is 30.5 Å². The lowest BCUT2D eigenvalue weighted by Gasteiger charge is -2.32. The number of aryl methyl sites for hydroxylation is 2. The first kappa shape index (κ1) is 22.6. The molecule has 1 saturated heterocycles. The molecular formula is C25H29ClN4O2. The summed E-state index contributed by atoms with van der Waals surface area (Å²) >= 11 is 6.32. The molecule has 32 heavy (non-hydrogen) atoms. The number of nitrogens with zero attached hydrogens (tertiary/aromatic N) is 4. The molecule has 2 heterocycles. The zero-order chi connectivity index (χ0) is 22.5. The monoisotopic (exact) mass is 452 g/mol. The van der Waals surface area contributed by atoms with Gasteiger partial charge in [-0.3, -0.25) is 4.90 Å². The molecule has 0 N–H and O–H groups in total. The number of fused-ring (bicyclic) bond motifs is 1. The summed E-state index contributed by atoms with van der Waals surface area (Å²) in [5.41, 5.74) is 4.23. The summed E-state index contributed by atoms with van der Waals surface area (Å²) in [5, 5.41) is 9.70. The SMILES string of the molecule is COc1ccc(CCc2nc3cc(CC#N)ccc3n2C[C@H](C)N2CCOCC2)cc1Cl. The highest BCUT2D eigenvalue weighted by atomic mass is 35.5. The number of nitriles is 1. The maximum Gasteiger partial charge on any atom is 0.137 e. The van der Waals surface area contributed by atoms with E-state index in [0.29, 0.717) is 23.2 Å². The topological polar surface area (TPSA) is 63.3 Å². The predicted octanol–water partition coefficient (Wildman–Crippen LogP) is 4.27. The average molecular weight is 453 g/mol. The van der Waals surface area contributed by atoms with Gasteiger partial charge in [-0.25, -0.2) is 4.98 Å². The molecular weight excluding hydrogens is 424 g/mol. The van der Waals surface area contributed by atoms with E-state index in [4.69, 9.17) is 31.3 Å². The maximum absolute atomic E-state index is 9.07. The molecule has 2 aromatic carbocycles. The van der Waals surface area contributed by atoms with Gasteiger partial charge in [0, 0.05) is 32.1 Å². The van der Waals surface area contributed by atoms with E-state index in [1.165, 1.54) is 0 Å². The van der Waals surface area contributed by atoms with Crippen molar-refractivity contribution in [3.05, 3.63) is 58.4 Å². The van der Waals surface area contributed by atoms with E-state index in [9.17, 15) is 0 Å². The second-order valence-corrected chi connectivity index (χ2v) is 8.67. The van der Waals surface area contributed by atoms with Gasteiger partial charge in [-0.2, -0.15) is 5.26 Å². The lowest BCUT2D eigenvalue weighted by molar-refractivity contribution is 0.0170. The van der Waals surface area contributed by atoms with Gasteiger partial charge >= 0.3 is 0 Å². The molecule has 3 aromatic rings. The van der Waals surface area contributed by atoms with Crippen molar-refractivity contribution >= 4 is 22.6 Å². The Bertz CT molecular complexity index is 1120. The normalized spacial score (nSPS) is 15.6. The van der Waals surface area contributed by atoms with Crippen molar-refractivity contribution in [2.75, 3.05) is 33.4 Å². The first-order valence-corrected chi connectivity index (χ1v) is 11.5. The Hall–Kier alpha value is -2.59. The molecule has 0 bridgehead atoms. The Morgan fingerprint density at radius 1 is 1.16 bits per heavy atom. The van der Waals surface area contributed by atoms with Gasteiger partial charge in [0.1, 0.15) is 11.6 Å². The summed E-state index contributed by atoms with van der Waals surface area (Å²) in [6.07, 6.45) is 2.04. The Morgan fingerprint density at radius 3 is 2.66 bits per heavy atom. The third kappa shape index (κ3) is 5.07. The molecule has 1 aromatic heterocycles. The number of aromatic nitrogens is 2. The quantitative estimate of drug-likeness (QED) is 0.510. The molecule has 0 amide bonds. The smallest absolute Gasteiger partial charge is 0.137 e. The highest BCUT2D eigenvalue weighted by Gasteiger charge is 2.20. The van der Waals surface area contributed by atoms with Gasteiger partial charge < -0.3 is 14.0 Å². The Labute approximate surface area is 194 Å². The highest BCUT2D eigenvalue weighted by molar-refractivity contribution is 6.32. The van der Waals surface area contributed by atoms with Crippen molar-refractivity contribution in [3.63, 3.8) is 0 Å². The summed E-state index contributed by atoms with van der Waals surface area (Å²) in [6.45, 7) is 6.63. The first-order chi connectivity index (χ1) is 15.6. The number of benzene rings is 2. The van der Waals surface area contributed by atoms with Crippen molar-refractivity contribution in [2.45, 2.75) is 38.8 Å². The van der Waals surface area contributed by atoms with E-state index in [1.807, 2.05) is 24.3 Å². The number of hydrogen-bond donors (Lipinski definition) is 0. The van der Waals surface area contributed by atoms with Crippen LogP contribution in [-0.4, -0.2) is 53.9 Å². The van der Waals surface area contributed by atoms with Gasteiger partial charge in [0.25, 0.3) is 0 Å². The summed E-state index contributed by atoms with van der Waals surface area (Å²) in [5.74, 6) is 1.74. The van der Waals surface area contributed by atoms with Gasteiger partial charge in [0.05, 0.1) is 48.9 Å². The number of halogens is 1. The van der Waals surface area contributed by atoms with Gasteiger partial charge in [-0.05, 0) is 48.7 Å². The fraction of sp³-hybridized carbons (Fsp3) is 0.440. The van der Waals surface area contributed by atoms with Crippen molar-refractivity contribution < 1.29 is 9.47 Å². The van der Waals surface area contributed by atoms with Gasteiger partial charge in [-0.15, -0.1) is 0 Å². The van der Waals surface area contributed by atoms with E-state index in [2.05, 4.69) is 34.6 Å². The first-order valence-electron chi connectivity index (χ1n) is 11.1. The fourth-order valence-electron chi connectivity index (χ4n) is 4.34.